The van der Waals surface area contributed by atoms with Crippen molar-refractivity contribution >= 4 is 34.3 Å². The number of para-hydroxylation sites is 1. The van der Waals surface area contributed by atoms with Crippen molar-refractivity contribution in [2.45, 2.75) is 24.1 Å². The van der Waals surface area contributed by atoms with Crippen molar-refractivity contribution in [1.82, 2.24) is 9.97 Å². The first kappa shape index (κ1) is 17.3. The van der Waals surface area contributed by atoms with Crippen LogP contribution in [0, 0.1) is 18.6 Å². The maximum Gasteiger partial charge on any atom is 0.237 e. The summed E-state index contributed by atoms with van der Waals surface area (Å²) in [7, 11) is 0. The Bertz CT molecular complexity index is 949. The minimum Gasteiger partial charge on any atom is -0.325 e. The molecule has 1 N–H and O–H groups in total. The summed E-state index contributed by atoms with van der Waals surface area (Å²) >= 11 is 1.29. The molecule has 1 amide bonds. The van der Waals surface area contributed by atoms with E-state index in [0.717, 1.165) is 23.0 Å². The van der Waals surface area contributed by atoms with Crippen LogP contribution in [0.25, 0.3) is 10.9 Å². The molecule has 4 nitrogen and oxygen atoms in total. The van der Waals surface area contributed by atoms with E-state index in [1.54, 1.807) is 13.8 Å². The van der Waals surface area contributed by atoms with Gasteiger partial charge in [-0.3, -0.25) is 4.79 Å². The maximum absolute atomic E-state index is 13.2. The van der Waals surface area contributed by atoms with Crippen molar-refractivity contribution in [1.29, 1.82) is 0 Å². The standard InChI is InChI=1S/C18H15F2N3OS/c1-10(17(24)23-12-7-8-14(19)15(20)9-12)25-18-13-5-3-4-6-16(13)21-11(2)22-18/h3-10H,1-2H3,(H,23,24). The van der Waals surface area contributed by atoms with Gasteiger partial charge >= 0.3 is 0 Å². The lowest BCUT2D eigenvalue weighted by atomic mass is 10.2. The summed E-state index contributed by atoms with van der Waals surface area (Å²) in [6.07, 6.45) is 0. The van der Waals surface area contributed by atoms with Gasteiger partial charge in [0.15, 0.2) is 11.6 Å². The molecule has 0 aliphatic rings. The Labute approximate surface area is 147 Å². The molecule has 0 aliphatic heterocycles. The Balaban J connectivity index is 1.78. The molecule has 0 bridgehead atoms. The van der Waals surface area contributed by atoms with Crippen molar-refractivity contribution in [3.8, 4) is 0 Å². The number of anilines is 1. The lowest BCUT2D eigenvalue weighted by Gasteiger charge is -2.13. The normalized spacial score (nSPS) is 12.2. The fourth-order valence-electron chi connectivity index (χ4n) is 2.29. The van der Waals surface area contributed by atoms with Gasteiger partial charge in [0.05, 0.1) is 10.8 Å². The molecule has 7 heteroatoms. The van der Waals surface area contributed by atoms with Gasteiger partial charge in [-0.15, -0.1) is 0 Å². The van der Waals surface area contributed by atoms with E-state index in [4.69, 9.17) is 0 Å². The summed E-state index contributed by atoms with van der Waals surface area (Å²) in [6, 6.07) is 10.8. The molecule has 128 valence electrons. The summed E-state index contributed by atoms with van der Waals surface area (Å²) in [6.45, 7) is 3.52. The van der Waals surface area contributed by atoms with E-state index in [1.165, 1.54) is 17.8 Å². The van der Waals surface area contributed by atoms with E-state index in [1.807, 2.05) is 24.3 Å². The third-order valence-corrected chi connectivity index (χ3v) is 4.63. The quantitative estimate of drug-likeness (QED) is 0.556. The summed E-state index contributed by atoms with van der Waals surface area (Å²) in [4.78, 5) is 21.1. The molecule has 0 aliphatic carbocycles. The second-order valence-corrected chi connectivity index (χ2v) is 6.80. The highest BCUT2D eigenvalue weighted by Crippen LogP contribution is 2.29. The van der Waals surface area contributed by atoms with Crippen LogP contribution in [0.3, 0.4) is 0 Å². The molecular formula is C18H15F2N3OS. The second kappa shape index (κ2) is 7.14. The van der Waals surface area contributed by atoms with Crippen LogP contribution >= 0.6 is 11.8 Å². The van der Waals surface area contributed by atoms with Gasteiger partial charge < -0.3 is 5.32 Å². The van der Waals surface area contributed by atoms with Gasteiger partial charge in [0, 0.05) is 17.1 Å². The topological polar surface area (TPSA) is 54.9 Å². The number of carbonyl (C=O) groups is 1. The highest BCUT2D eigenvalue weighted by Gasteiger charge is 2.18. The largest absolute Gasteiger partial charge is 0.325 e. The molecule has 3 rings (SSSR count). The molecule has 1 atom stereocenters. The number of aromatic nitrogens is 2. The number of amides is 1. The Morgan fingerprint density at radius 3 is 2.64 bits per heavy atom. The van der Waals surface area contributed by atoms with Gasteiger partial charge in [-0.05, 0) is 32.0 Å². The Morgan fingerprint density at radius 1 is 1.12 bits per heavy atom. The number of benzene rings is 2. The number of nitrogens with zero attached hydrogens (tertiary/aromatic N) is 2. The number of fused-ring (bicyclic) bond motifs is 1. The van der Waals surface area contributed by atoms with Crippen LogP contribution < -0.4 is 5.32 Å². The first-order valence-electron chi connectivity index (χ1n) is 7.60. The number of nitrogens with one attached hydrogen (secondary N) is 1. The average Bonchev–Trinajstić information content (AvgIpc) is 2.58. The molecule has 1 heterocycles. The number of hydrogen-bond donors (Lipinski definition) is 1. The van der Waals surface area contributed by atoms with E-state index in [9.17, 15) is 13.6 Å². The molecule has 0 saturated carbocycles. The summed E-state index contributed by atoms with van der Waals surface area (Å²) in [5, 5.41) is 3.67. The molecule has 2 aromatic carbocycles. The lowest BCUT2D eigenvalue weighted by molar-refractivity contribution is -0.115. The van der Waals surface area contributed by atoms with Crippen molar-refractivity contribution in [2.24, 2.45) is 0 Å². The zero-order valence-electron chi connectivity index (χ0n) is 13.6. The SMILES string of the molecule is Cc1nc(SC(C)C(=O)Nc2ccc(F)c(F)c2)c2ccccc2n1. The number of hydrogen-bond acceptors (Lipinski definition) is 4. The Morgan fingerprint density at radius 2 is 1.88 bits per heavy atom. The highest BCUT2D eigenvalue weighted by molar-refractivity contribution is 8.00. The Kier molecular flexibility index (Phi) is 4.94. The van der Waals surface area contributed by atoms with Gasteiger partial charge in [0.25, 0.3) is 0 Å². The number of thioether (sulfide) groups is 1. The maximum atomic E-state index is 13.2. The monoisotopic (exact) mass is 359 g/mol. The number of aryl methyl sites for hydroxylation is 1. The van der Waals surface area contributed by atoms with Crippen molar-refractivity contribution in [3.63, 3.8) is 0 Å². The molecule has 1 aromatic heterocycles. The van der Waals surface area contributed by atoms with Gasteiger partial charge in [-0.2, -0.15) is 0 Å². The van der Waals surface area contributed by atoms with Crippen LogP contribution in [0.4, 0.5) is 14.5 Å². The molecule has 25 heavy (non-hydrogen) atoms. The zero-order chi connectivity index (χ0) is 18.0. The van der Waals surface area contributed by atoms with Gasteiger partial charge in [-0.25, -0.2) is 18.7 Å². The molecule has 1 unspecified atom stereocenters. The second-order valence-electron chi connectivity index (χ2n) is 5.47. The first-order valence-corrected chi connectivity index (χ1v) is 8.48. The van der Waals surface area contributed by atoms with E-state index in [2.05, 4.69) is 15.3 Å². The van der Waals surface area contributed by atoms with E-state index >= 15 is 0 Å². The van der Waals surface area contributed by atoms with Gasteiger partial charge in [-0.1, -0.05) is 30.0 Å². The number of rotatable bonds is 4. The lowest BCUT2D eigenvalue weighted by Crippen LogP contribution is -2.22. The van der Waals surface area contributed by atoms with E-state index in [-0.39, 0.29) is 11.6 Å². The third-order valence-electron chi connectivity index (χ3n) is 3.52. The van der Waals surface area contributed by atoms with Crippen molar-refractivity contribution in [3.05, 3.63) is 59.9 Å². The van der Waals surface area contributed by atoms with Gasteiger partial charge in [0.2, 0.25) is 5.91 Å². The number of halogens is 2. The predicted molar refractivity (Wildman–Crippen MR) is 94.6 cm³/mol. The average molecular weight is 359 g/mol. The minimum absolute atomic E-state index is 0.208. The number of carbonyl (C=O) groups excluding carboxylic acids is 1. The summed E-state index contributed by atoms with van der Waals surface area (Å²) < 4.78 is 26.2. The van der Waals surface area contributed by atoms with Crippen LogP contribution in [0.2, 0.25) is 0 Å². The van der Waals surface area contributed by atoms with Crippen LogP contribution in [0.5, 0.6) is 0 Å². The van der Waals surface area contributed by atoms with E-state index in [0.29, 0.717) is 10.9 Å². The van der Waals surface area contributed by atoms with Crippen molar-refractivity contribution in [2.75, 3.05) is 5.32 Å². The molecule has 0 radical (unpaired) electrons. The highest BCUT2D eigenvalue weighted by atomic mass is 32.2. The third kappa shape index (κ3) is 3.93. The fraction of sp³-hybridized carbons (Fsp3) is 0.167. The summed E-state index contributed by atoms with van der Waals surface area (Å²) in [5.41, 5.74) is 1.02. The molecule has 0 spiro atoms. The summed E-state index contributed by atoms with van der Waals surface area (Å²) in [5.74, 6) is -1.66. The first-order chi connectivity index (χ1) is 11.9. The van der Waals surface area contributed by atoms with Crippen LogP contribution in [-0.2, 0) is 4.79 Å². The predicted octanol–water partition coefficient (Wildman–Crippen LogP) is 4.34. The molecule has 0 fully saturated rings. The van der Waals surface area contributed by atoms with Crippen LogP contribution in [0.15, 0.2) is 47.5 Å². The van der Waals surface area contributed by atoms with Crippen LogP contribution in [0.1, 0.15) is 12.7 Å². The smallest absolute Gasteiger partial charge is 0.237 e. The Hall–Kier alpha value is -2.54. The van der Waals surface area contributed by atoms with E-state index < -0.39 is 16.9 Å². The molecule has 3 aromatic rings. The molecule has 0 saturated heterocycles. The molecular weight excluding hydrogens is 344 g/mol. The van der Waals surface area contributed by atoms with Gasteiger partial charge in [0.1, 0.15) is 10.9 Å². The minimum atomic E-state index is -1.00. The van der Waals surface area contributed by atoms with Crippen molar-refractivity contribution < 1.29 is 13.6 Å². The zero-order valence-corrected chi connectivity index (χ0v) is 14.4. The van der Waals surface area contributed by atoms with Crippen LogP contribution in [-0.4, -0.2) is 21.1 Å². The fourth-order valence-corrected chi connectivity index (χ4v) is 3.27.